The van der Waals surface area contributed by atoms with Crippen molar-refractivity contribution in [1.82, 2.24) is 9.80 Å². The number of benzene rings is 1. The van der Waals surface area contributed by atoms with Gasteiger partial charge in [-0.05, 0) is 37.2 Å². The molecule has 2 heterocycles. The minimum absolute atomic E-state index is 0.575. The van der Waals surface area contributed by atoms with Crippen molar-refractivity contribution in [1.29, 1.82) is 0 Å². The zero-order chi connectivity index (χ0) is 17.3. The number of rotatable bonds is 9. The molecule has 1 fully saturated rings. The SMILES string of the molecule is O[C@@H](CN(CCCN1CCOCC1)Cc1ccccc1)c1ccco1. The minimum atomic E-state index is -0.595. The molecule has 3 rings (SSSR count). The van der Waals surface area contributed by atoms with Gasteiger partial charge in [0.1, 0.15) is 11.9 Å². The Balaban J connectivity index is 1.53. The Bertz CT molecular complexity index is 582. The molecule has 136 valence electrons. The van der Waals surface area contributed by atoms with Gasteiger partial charge in [0.2, 0.25) is 0 Å². The normalized spacial score (nSPS) is 17.0. The summed E-state index contributed by atoms with van der Waals surface area (Å²) in [5, 5.41) is 10.4. The lowest BCUT2D eigenvalue weighted by molar-refractivity contribution is 0.0344. The quantitative estimate of drug-likeness (QED) is 0.757. The molecule has 1 aromatic heterocycles. The molecular weight excluding hydrogens is 316 g/mol. The van der Waals surface area contributed by atoms with Crippen LogP contribution in [0.2, 0.25) is 0 Å². The molecule has 1 N–H and O–H groups in total. The molecule has 0 saturated carbocycles. The average molecular weight is 344 g/mol. The molecule has 1 atom stereocenters. The van der Waals surface area contributed by atoms with E-state index in [9.17, 15) is 5.11 Å². The van der Waals surface area contributed by atoms with Crippen LogP contribution >= 0.6 is 0 Å². The Kier molecular flexibility index (Phi) is 7.06. The van der Waals surface area contributed by atoms with Crippen molar-refractivity contribution in [2.24, 2.45) is 0 Å². The second kappa shape index (κ2) is 9.73. The van der Waals surface area contributed by atoms with Crippen LogP contribution in [-0.2, 0) is 11.3 Å². The van der Waals surface area contributed by atoms with Crippen LogP contribution in [0, 0.1) is 0 Å². The largest absolute Gasteiger partial charge is 0.467 e. The summed E-state index contributed by atoms with van der Waals surface area (Å²) in [6, 6.07) is 14.1. The van der Waals surface area contributed by atoms with Crippen molar-refractivity contribution in [2.75, 3.05) is 45.9 Å². The van der Waals surface area contributed by atoms with E-state index < -0.39 is 6.10 Å². The van der Waals surface area contributed by atoms with E-state index in [1.807, 2.05) is 18.2 Å². The van der Waals surface area contributed by atoms with Gasteiger partial charge in [-0.2, -0.15) is 0 Å². The van der Waals surface area contributed by atoms with Gasteiger partial charge in [-0.25, -0.2) is 0 Å². The first-order chi connectivity index (χ1) is 12.3. The molecule has 2 aromatic rings. The van der Waals surface area contributed by atoms with E-state index in [4.69, 9.17) is 9.15 Å². The van der Waals surface area contributed by atoms with Gasteiger partial charge in [-0.15, -0.1) is 0 Å². The second-order valence-electron chi connectivity index (χ2n) is 6.56. The highest BCUT2D eigenvalue weighted by Crippen LogP contribution is 2.16. The maximum Gasteiger partial charge on any atom is 0.133 e. The summed E-state index contributed by atoms with van der Waals surface area (Å²) in [6.07, 6.45) is 2.10. The molecule has 0 aliphatic carbocycles. The standard InChI is InChI=1S/C20H28N2O3/c23-19(20-8-4-13-25-20)17-22(16-18-6-2-1-3-7-18)10-5-9-21-11-14-24-15-12-21/h1-4,6-8,13,19,23H,5,9-12,14-17H2/t19-/m0/s1. The Morgan fingerprint density at radius 2 is 1.88 bits per heavy atom. The molecular formula is C20H28N2O3. The van der Waals surface area contributed by atoms with Crippen LogP contribution < -0.4 is 0 Å². The van der Waals surface area contributed by atoms with Crippen LogP contribution in [-0.4, -0.2) is 60.8 Å². The summed E-state index contributed by atoms with van der Waals surface area (Å²) in [5.74, 6) is 0.631. The molecule has 5 nitrogen and oxygen atoms in total. The molecule has 0 radical (unpaired) electrons. The smallest absolute Gasteiger partial charge is 0.133 e. The molecule has 0 bridgehead atoms. The van der Waals surface area contributed by atoms with E-state index in [0.29, 0.717) is 12.3 Å². The zero-order valence-electron chi connectivity index (χ0n) is 14.7. The lowest BCUT2D eigenvalue weighted by Gasteiger charge is -2.29. The third-order valence-corrected chi connectivity index (χ3v) is 4.60. The summed E-state index contributed by atoms with van der Waals surface area (Å²) in [4.78, 5) is 4.76. The number of ether oxygens (including phenoxy) is 1. The topological polar surface area (TPSA) is 49.1 Å². The van der Waals surface area contributed by atoms with E-state index in [2.05, 4.69) is 34.1 Å². The number of morpholine rings is 1. The summed E-state index contributed by atoms with van der Waals surface area (Å²) in [7, 11) is 0. The third-order valence-electron chi connectivity index (χ3n) is 4.60. The zero-order valence-corrected chi connectivity index (χ0v) is 14.7. The van der Waals surface area contributed by atoms with Crippen LogP contribution in [0.4, 0.5) is 0 Å². The van der Waals surface area contributed by atoms with Crippen molar-refractivity contribution in [2.45, 2.75) is 19.1 Å². The summed E-state index contributed by atoms with van der Waals surface area (Å²) < 4.78 is 10.8. The molecule has 0 unspecified atom stereocenters. The van der Waals surface area contributed by atoms with Crippen LogP contribution in [0.1, 0.15) is 23.8 Å². The van der Waals surface area contributed by atoms with Gasteiger partial charge < -0.3 is 14.3 Å². The van der Waals surface area contributed by atoms with Crippen molar-refractivity contribution in [3.63, 3.8) is 0 Å². The van der Waals surface area contributed by atoms with Crippen molar-refractivity contribution >= 4 is 0 Å². The van der Waals surface area contributed by atoms with Crippen molar-refractivity contribution in [3.8, 4) is 0 Å². The number of aliphatic hydroxyl groups excluding tert-OH is 1. The van der Waals surface area contributed by atoms with E-state index in [1.54, 1.807) is 6.26 Å². The van der Waals surface area contributed by atoms with Crippen LogP contribution in [0.5, 0.6) is 0 Å². The van der Waals surface area contributed by atoms with E-state index in [-0.39, 0.29) is 0 Å². The number of hydrogen-bond donors (Lipinski definition) is 1. The first kappa shape index (κ1) is 18.1. The molecule has 1 aromatic carbocycles. The Hall–Kier alpha value is -1.66. The predicted octanol–water partition coefficient (Wildman–Crippen LogP) is 2.54. The highest BCUT2D eigenvalue weighted by molar-refractivity contribution is 5.14. The summed E-state index contributed by atoms with van der Waals surface area (Å²) >= 11 is 0. The van der Waals surface area contributed by atoms with E-state index >= 15 is 0 Å². The van der Waals surface area contributed by atoms with Crippen molar-refractivity contribution in [3.05, 3.63) is 60.1 Å². The Morgan fingerprint density at radius 1 is 1.08 bits per heavy atom. The molecule has 0 amide bonds. The number of hydrogen-bond acceptors (Lipinski definition) is 5. The molecule has 5 heteroatoms. The van der Waals surface area contributed by atoms with E-state index in [1.165, 1.54) is 5.56 Å². The van der Waals surface area contributed by atoms with Gasteiger partial charge in [-0.3, -0.25) is 9.80 Å². The minimum Gasteiger partial charge on any atom is -0.467 e. The number of aliphatic hydroxyl groups is 1. The number of nitrogens with zero attached hydrogens (tertiary/aromatic N) is 2. The third kappa shape index (κ3) is 5.97. The highest BCUT2D eigenvalue weighted by atomic mass is 16.5. The van der Waals surface area contributed by atoms with Gasteiger partial charge in [0.15, 0.2) is 0 Å². The fourth-order valence-electron chi connectivity index (χ4n) is 3.23. The van der Waals surface area contributed by atoms with Gasteiger partial charge in [0.05, 0.1) is 19.5 Å². The van der Waals surface area contributed by atoms with Gasteiger partial charge in [0, 0.05) is 26.2 Å². The monoisotopic (exact) mass is 344 g/mol. The van der Waals surface area contributed by atoms with Crippen LogP contribution in [0.3, 0.4) is 0 Å². The Morgan fingerprint density at radius 3 is 2.60 bits per heavy atom. The summed E-state index contributed by atoms with van der Waals surface area (Å²) in [6.45, 7) is 7.15. The fraction of sp³-hybridized carbons (Fsp3) is 0.500. The second-order valence-corrected chi connectivity index (χ2v) is 6.56. The lowest BCUT2D eigenvalue weighted by atomic mass is 10.2. The maximum absolute atomic E-state index is 10.4. The first-order valence-corrected chi connectivity index (χ1v) is 9.09. The maximum atomic E-state index is 10.4. The van der Waals surface area contributed by atoms with Gasteiger partial charge >= 0.3 is 0 Å². The fourth-order valence-corrected chi connectivity index (χ4v) is 3.23. The van der Waals surface area contributed by atoms with Crippen molar-refractivity contribution < 1.29 is 14.3 Å². The molecule has 25 heavy (non-hydrogen) atoms. The predicted molar refractivity (Wildman–Crippen MR) is 97.3 cm³/mol. The number of furan rings is 1. The van der Waals surface area contributed by atoms with Crippen LogP contribution in [0.15, 0.2) is 53.1 Å². The highest BCUT2D eigenvalue weighted by Gasteiger charge is 2.17. The lowest BCUT2D eigenvalue weighted by Crippen LogP contribution is -2.38. The molecule has 0 spiro atoms. The molecule has 1 saturated heterocycles. The van der Waals surface area contributed by atoms with Gasteiger partial charge in [-0.1, -0.05) is 30.3 Å². The first-order valence-electron chi connectivity index (χ1n) is 9.09. The summed E-state index contributed by atoms with van der Waals surface area (Å²) in [5.41, 5.74) is 1.26. The Labute approximate surface area is 149 Å². The van der Waals surface area contributed by atoms with E-state index in [0.717, 1.165) is 52.4 Å². The molecule has 1 aliphatic rings. The van der Waals surface area contributed by atoms with Gasteiger partial charge in [0.25, 0.3) is 0 Å². The molecule has 1 aliphatic heterocycles. The van der Waals surface area contributed by atoms with Crippen LogP contribution in [0.25, 0.3) is 0 Å². The average Bonchev–Trinajstić information content (AvgIpc) is 3.18.